The van der Waals surface area contributed by atoms with Gasteiger partial charge >= 0.3 is 0 Å². The van der Waals surface area contributed by atoms with Gasteiger partial charge in [-0.3, -0.25) is 11.3 Å². The quantitative estimate of drug-likeness (QED) is 0.574. The lowest BCUT2D eigenvalue weighted by atomic mass is 10.0. The summed E-state index contributed by atoms with van der Waals surface area (Å²) in [6.45, 7) is 0. The molecular formula is C15H13F2N3S. The average Bonchev–Trinajstić information content (AvgIpc) is 2.90. The first kappa shape index (κ1) is 14.1. The zero-order valence-corrected chi connectivity index (χ0v) is 11.8. The van der Waals surface area contributed by atoms with Gasteiger partial charge in [-0.1, -0.05) is 12.1 Å². The summed E-state index contributed by atoms with van der Waals surface area (Å²) < 4.78 is 28.2. The Hall–Kier alpha value is -1.89. The van der Waals surface area contributed by atoms with Crippen LogP contribution in [0.25, 0.3) is 10.2 Å². The third-order valence-corrected chi connectivity index (χ3v) is 4.31. The van der Waals surface area contributed by atoms with Crippen LogP contribution < -0.4 is 11.3 Å². The maximum atomic E-state index is 13.8. The predicted molar refractivity (Wildman–Crippen MR) is 79.7 cm³/mol. The standard InChI is InChI=1S/C15H13F2N3S/c16-9-5-6-11(17)10(7-9)13(20-18)8-15-19-12-3-1-2-4-14(12)21-15/h1-7,13,20H,8,18H2. The van der Waals surface area contributed by atoms with E-state index in [0.717, 1.165) is 33.4 Å². The molecule has 3 aromatic rings. The normalized spacial score (nSPS) is 12.7. The topological polar surface area (TPSA) is 50.9 Å². The summed E-state index contributed by atoms with van der Waals surface area (Å²) in [6, 6.07) is 10.6. The van der Waals surface area contributed by atoms with E-state index in [9.17, 15) is 8.78 Å². The van der Waals surface area contributed by atoms with Gasteiger partial charge < -0.3 is 0 Å². The molecule has 0 spiro atoms. The number of hydrogen-bond acceptors (Lipinski definition) is 4. The molecule has 0 radical (unpaired) electrons. The zero-order valence-electron chi connectivity index (χ0n) is 11.0. The maximum absolute atomic E-state index is 13.8. The zero-order chi connectivity index (χ0) is 14.8. The van der Waals surface area contributed by atoms with Crippen molar-refractivity contribution in [1.29, 1.82) is 0 Å². The summed E-state index contributed by atoms with van der Waals surface area (Å²) in [6.07, 6.45) is 0.399. The summed E-state index contributed by atoms with van der Waals surface area (Å²) >= 11 is 1.52. The fourth-order valence-corrected chi connectivity index (χ4v) is 3.23. The molecule has 108 valence electrons. The summed E-state index contributed by atoms with van der Waals surface area (Å²) in [5.74, 6) is 4.53. The highest BCUT2D eigenvalue weighted by molar-refractivity contribution is 7.18. The molecule has 1 unspecified atom stereocenters. The Morgan fingerprint density at radius 1 is 1.19 bits per heavy atom. The molecule has 3 N–H and O–H groups in total. The molecule has 21 heavy (non-hydrogen) atoms. The fraction of sp³-hybridized carbons (Fsp3) is 0.133. The van der Waals surface area contributed by atoms with E-state index in [1.54, 1.807) is 0 Å². The number of benzene rings is 2. The van der Waals surface area contributed by atoms with Crippen LogP contribution in [0.2, 0.25) is 0 Å². The Labute approximate surface area is 124 Å². The Balaban J connectivity index is 1.91. The molecule has 3 rings (SSSR count). The van der Waals surface area contributed by atoms with Gasteiger partial charge in [0.1, 0.15) is 11.6 Å². The first-order chi connectivity index (χ1) is 10.2. The number of thiazole rings is 1. The van der Waals surface area contributed by atoms with E-state index < -0.39 is 17.7 Å². The van der Waals surface area contributed by atoms with Crippen molar-refractivity contribution < 1.29 is 8.78 Å². The molecule has 0 aliphatic heterocycles. The van der Waals surface area contributed by atoms with Gasteiger partial charge in [0.2, 0.25) is 0 Å². The number of aromatic nitrogens is 1. The molecule has 2 aromatic carbocycles. The molecule has 1 atom stereocenters. The largest absolute Gasteiger partial charge is 0.271 e. The smallest absolute Gasteiger partial charge is 0.128 e. The Kier molecular flexibility index (Phi) is 3.92. The second-order valence-electron chi connectivity index (χ2n) is 4.66. The summed E-state index contributed by atoms with van der Waals surface area (Å²) in [5, 5.41) is 0.822. The Morgan fingerprint density at radius 3 is 2.76 bits per heavy atom. The van der Waals surface area contributed by atoms with E-state index in [1.165, 1.54) is 11.3 Å². The second kappa shape index (κ2) is 5.85. The van der Waals surface area contributed by atoms with Gasteiger partial charge in [0.15, 0.2) is 0 Å². The van der Waals surface area contributed by atoms with Crippen molar-refractivity contribution in [2.45, 2.75) is 12.5 Å². The van der Waals surface area contributed by atoms with Gasteiger partial charge in [-0.2, -0.15) is 0 Å². The van der Waals surface area contributed by atoms with E-state index in [0.29, 0.717) is 6.42 Å². The molecule has 0 amide bonds. The van der Waals surface area contributed by atoms with Gasteiger partial charge in [-0.05, 0) is 30.3 Å². The van der Waals surface area contributed by atoms with Crippen molar-refractivity contribution >= 4 is 21.6 Å². The van der Waals surface area contributed by atoms with E-state index in [4.69, 9.17) is 5.84 Å². The number of hydrogen-bond donors (Lipinski definition) is 2. The van der Waals surface area contributed by atoms with Crippen molar-refractivity contribution in [2.75, 3.05) is 0 Å². The van der Waals surface area contributed by atoms with Crippen molar-refractivity contribution in [3.63, 3.8) is 0 Å². The van der Waals surface area contributed by atoms with Crippen LogP contribution in [-0.2, 0) is 6.42 Å². The SMILES string of the molecule is NNC(Cc1nc2ccccc2s1)c1cc(F)ccc1F. The number of rotatable bonds is 4. The molecule has 0 saturated carbocycles. The van der Waals surface area contributed by atoms with Crippen LogP contribution in [0.3, 0.4) is 0 Å². The van der Waals surface area contributed by atoms with Crippen LogP contribution in [0.5, 0.6) is 0 Å². The summed E-state index contributed by atoms with van der Waals surface area (Å²) in [5.41, 5.74) is 3.64. The van der Waals surface area contributed by atoms with Crippen LogP contribution in [-0.4, -0.2) is 4.98 Å². The van der Waals surface area contributed by atoms with E-state index >= 15 is 0 Å². The molecule has 0 fully saturated rings. The second-order valence-corrected chi connectivity index (χ2v) is 5.78. The number of para-hydroxylation sites is 1. The van der Waals surface area contributed by atoms with E-state index in [2.05, 4.69) is 10.4 Å². The minimum atomic E-state index is -0.527. The Bertz CT molecular complexity index is 739. The Morgan fingerprint density at radius 2 is 2.00 bits per heavy atom. The molecule has 1 aromatic heterocycles. The highest BCUT2D eigenvalue weighted by atomic mass is 32.1. The van der Waals surface area contributed by atoms with Gasteiger partial charge in [0, 0.05) is 12.0 Å². The number of fused-ring (bicyclic) bond motifs is 1. The molecule has 0 aliphatic carbocycles. The van der Waals surface area contributed by atoms with Gasteiger partial charge in [-0.25, -0.2) is 13.8 Å². The van der Waals surface area contributed by atoms with Crippen LogP contribution >= 0.6 is 11.3 Å². The number of nitrogens with one attached hydrogen (secondary N) is 1. The van der Waals surface area contributed by atoms with Crippen LogP contribution in [0, 0.1) is 11.6 Å². The first-order valence-electron chi connectivity index (χ1n) is 6.43. The van der Waals surface area contributed by atoms with Crippen molar-refractivity contribution in [1.82, 2.24) is 10.4 Å². The number of nitrogens with two attached hydrogens (primary N) is 1. The molecule has 0 saturated heterocycles. The third-order valence-electron chi connectivity index (χ3n) is 3.25. The number of hydrazine groups is 1. The minimum Gasteiger partial charge on any atom is -0.271 e. The van der Waals surface area contributed by atoms with Crippen LogP contribution in [0.4, 0.5) is 8.78 Å². The van der Waals surface area contributed by atoms with Crippen molar-refractivity contribution in [3.05, 3.63) is 64.7 Å². The predicted octanol–water partition coefficient (Wildman–Crippen LogP) is 3.32. The van der Waals surface area contributed by atoms with Gasteiger partial charge in [0.05, 0.1) is 21.3 Å². The van der Waals surface area contributed by atoms with Gasteiger partial charge in [-0.15, -0.1) is 11.3 Å². The van der Waals surface area contributed by atoms with Crippen LogP contribution in [0.1, 0.15) is 16.6 Å². The van der Waals surface area contributed by atoms with Crippen LogP contribution in [0.15, 0.2) is 42.5 Å². The lowest BCUT2D eigenvalue weighted by Crippen LogP contribution is -2.30. The molecule has 3 nitrogen and oxygen atoms in total. The van der Waals surface area contributed by atoms with E-state index in [1.807, 2.05) is 24.3 Å². The lowest BCUT2D eigenvalue weighted by Gasteiger charge is -2.15. The number of nitrogens with zero attached hydrogens (tertiary/aromatic N) is 1. The maximum Gasteiger partial charge on any atom is 0.128 e. The molecule has 0 aliphatic rings. The summed E-state index contributed by atoms with van der Waals surface area (Å²) in [4.78, 5) is 4.48. The lowest BCUT2D eigenvalue weighted by molar-refractivity contribution is 0.502. The average molecular weight is 305 g/mol. The monoisotopic (exact) mass is 305 g/mol. The highest BCUT2D eigenvalue weighted by Gasteiger charge is 2.18. The fourth-order valence-electron chi connectivity index (χ4n) is 2.22. The number of halogens is 2. The van der Waals surface area contributed by atoms with Crippen molar-refractivity contribution in [3.8, 4) is 0 Å². The molecular weight excluding hydrogens is 292 g/mol. The molecule has 1 heterocycles. The van der Waals surface area contributed by atoms with E-state index in [-0.39, 0.29) is 5.56 Å². The first-order valence-corrected chi connectivity index (χ1v) is 7.24. The molecule has 0 bridgehead atoms. The summed E-state index contributed by atoms with van der Waals surface area (Å²) in [7, 11) is 0. The molecule has 6 heteroatoms. The third kappa shape index (κ3) is 2.92. The van der Waals surface area contributed by atoms with Crippen molar-refractivity contribution in [2.24, 2.45) is 5.84 Å². The minimum absolute atomic E-state index is 0.205. The highest BCUT2D eigenvalue weighted by Crippen LogP contribution is 2.27. The van der Waals surface area contributed by atoms with Gasteiger partial charge in [0.25, 0.3) is 0 Å².